The molecule has 7 heteroatoms. The first-order chi connectivity index (χ1) is 11.1. The number of hydrogen-bond acceptors (Lipinski definition) is 5. The van der Waals surface area contributed by atoms with Gasteiger partial charge in [-0.1, -0.05) is 0 Å². The summed E-state index contributed by atoms with van der Waals surface area (Å²) < 4.78 is 0. The molecule has 0 aromatic carbocycles. The van der Waals surface area contributed by atoms with E-state index in [9.17, 15) is 9.59 Å². The quantitative estimate of drug-likeness (QED) is 0.891. The van der Waals surface area contributed by atoms with Crippen molar-refractivity contribution in [1.29, 1.82) is 0 Å². The van der Waals surface area contributed by atoms with E-state index >= 15 is 0 Å². The standard InChI is InChI=1S/C16H22N4O2S/c17-15(21)14-11-13(1-4-18-14)19-5-2-12(3-6-19)16(22)20-7-9-23-10-8-20/h1,4,11-12H,2-3,5-10H2,(H2,17,21). The number of thioether (sulfide) groups is 1. The van der Waals surface area contributed by atoms with Gasteiger partial charge in [-0.2, -0.15) is 11.8 Å². The zero-order chi connectivity index (χ0) is 16.2. The Morgan fingerprint density at radius 2 is 1.87 bits per heavy atom. The van der Waals surface area contributed by atoms with Crippen LogP contribution in [0.5, 0.6) is 0 Å². The molecule has 0 radical (unpaired) electrons. The van der Waals surface area contributed by atoms with Crippen molar-refractivity contribution in [3.63, 3.8) is 0 Å². The molecule has 3 rings (SSSR count). The Labute approximate surface area is 140 Å². The van der Waals surface area contributed by atoms with E-state index in [0.29, 0.717) is 5.91 Å². The lowest BCUT2D eigenvalue weighted by molar-refractivity contribution is -0.135. The molecule has 6 nitrogen and oxygen atoms in total. The van der Waals surface area contributed by atoms with Gasteiger partial charge >= 0.3 is 0 Å². The van der Waals surface area contributed by atoms with Gasteiger partial charge in [0, 0.05) is 55.5 Å². The molecular weight excluding hydrogens is 312 g/mol. The third-order valence-electron chi connectivity index (χ3n) is 4.53. The predicted molar refractivity (Wildman–Crippen MR) is 91.6 cm³/mol. The van der Waals surface area contributed by atoms with Crippen LogP contribution >= 0.6 is 11.8 Å². The molecule has 1 aromatic heterocycles. The van der Waals surface area contributed by atoms with Crippen LogP contribution in [-0.2, 0) is 4.79 Å². The third-order valence-corrected chi connectivity index (χ3v) is 5.47. The van der Waals surface area contributed by atoms with E-state index in [2.05, 4.69) is 9.88 Å². The van der Waals surface area contributed by atoms with Crippen molar-refractivity contribution in [1.82, 2.24) is 9.88 Å². The number of nitrogens with zero attached hydrogens (tertiary/aromatic N) is 3. The average molecular weight is 334 g/mol. The smallest absolute Gasteiger partial charge is 0.267 e. The van der Waals surface area contributed by atoms with Crippen LogP contribution < -0.4 is 10.6 Å². The molecule has 0 unspecified atom stereocenters. The van der Waals surface area contributed by atoms with E-state index < -0.39 is 5.91 Å². The van der Waals surface area contributed by atoms with Crippen LogP contribution in [0.2, 0.25) is 0 Å². The Kier molecular flexibility index (Phi) is 5.05. The normalized spacial score (nSPS) is 19.7. The summed E-state index contributed by atoms with van der Waals surface area (Å²) in [5.41, 5.74) is 6.52. The number of rotatable bonds is 3. The van der Waals surface area contributed by atoms with Crippen molar-refractivity contribution < 1.29 is 9.59 Å². The summed E-state index contributed by atoms with van der Waals surface area (Å²) in [5.74, 6) is 2.04. The fraction of sp³-hybridized carbons (Fsp3) is 0.562. The fourth-order valence-corrected chi connectivity index (χ4v) is 4.08. The number of pyridine rings is 1. The summed E-state index contributed by atoms with van der Waals surface area (Å²) in [6.45, 7) is 3.41. The second kappa shape index (κ2) is 7.21. The van der Waals surface area contributed by atoms with Crippen molar-refractivity contribution in [2.45, 2.75) is 12.8 Å². The van der Waals surface area contributed by atoms with Gasteiger partial charge in [0.15, 0.2) is 0 Å². The molecule has 23 heavy (non-hydrogen) atoms. The zero-order valence-corrected chi connectivity index (χ0v) is 13.9. The fourth-order valence-electron chi connectivity index (χ4n) is 3.18. The Balaban J connectivity index is 1.58. The molecular formula is C16H22N4O2S. The average Bonchev–Trinajstić information content (AvgIpc) is 2.62. The Hall–Kier alpha value is -1.76. The summed E-state index contributed by atoms with van der Waals surface area (Å²) in [7, 11) is 0. The highest BCUT2D eigenvalue weighted by Crippen LogP contribution is 2.25. The molecule has 0 atom stereocenters. The maximum absolute atomic E-state index is 12.6. The summed E-state index contributed by atoms with van der Waals surface area (Å²) in [4.78, 5) is 32.0. The van der Waals surface area contributed by atoms with Gasteiger partial charge in [-0.25, -0.2) is 0 Å². The van der Waals surface area contributed by atoms with Gasteiger partial charge in [-0.05, 0) is 25.0 Å². The number of piperidine rings is 1. The van der Waals surface area contributed by atoms with E-state index in [0.717, 1.165) is 56.2 Å². The number of anilines is 1. The number of hydrogen-bond donors (Lipinski definition) is 1. The minimum atomic E-state index is -0.514. The highest BCUT2D eigenvalue weighted by molar-refractivity contribution is 7.99. The molecule has 2 amide bonds. The number of carbonyl (C=O) groups is 2. The Morgan fingerprint density at radius 3 is 2.52 bits per heavy atom. The lowest BCUT2D eigenvalue weighted by Gasteiger charge is -2.36. The van der Waals surface area contributed by atoms with Gasteiger partial charge in [-0.3, -0.25) is 14.6 Å². The van der Waals surface area contributed by atoms with Crippen LogP contribution in [0.3, 0.4) is 0 Å². The minimum Gasteiger partial charge on any atom is -0.371 e. The van der Waals surface area contributed by atoms with Crippen LogP contribution in [0.15, 0.2) is 18.3 Å². The molecule has 0 aliphatic carbocycles. The number of carbonyl (C=O) groups excluding carboxylic acids is 2. The number of nitrogens with two attached hydrogens (primary N) is 1. The first kappa shape index (κ1) is 16.1. The number of aromatic nitrogens is 1. The summed E-state index contributed by atoms with van der Waals surface area (Å²) in [5, 5.41) is 0. The maximum Gasteiger partial charge on any atom is 0.267 e. The van der Waals surface area contributed by atoms with E-state index in [-0.39, 0.29) is 11.6 Å². The first-order valence-electron chi connectivity index (χ1n) is 8.02. The molecule has 2 aliphatic rings. The number of amides is 2. The monoisotopic (exact) mass is 334 g/mol. The largest absolute Gasteiger partial charge is 0.371 e. The van der Waals surface area contributed by atoms with E-state index in [4.69, 9.17) is 5.73 Å². The highest BCUT2D eigenvalue weighted by atomic mass is 32.2. The number of primary amides is 1. The molecule has 2 saturated heterocycles. The van der Waals surface area contributed by atoms with E-state index in [1.165, 1.54) is 0 Å². The van der Waals surface area contributed by atoms with Gasteiger partial charge in [0.05, 0.1) is 0 Å². The van der Waals surface area contributed by atoms with Crippen molar-refractivity contribution in [3.8, 4) is 0 Å². The lowest BCUT2D eigenvalue weighted by Crippen LogP contribution is -2.45. The van der Waals surface area contributed by atoms with Crippen molar-refractivity contribution >= 4 is 29.3 Å². The summed E-state index contributed by atoms with van der Waals surface area (Å²) in [6.07, 6.45) is 3.32. The van der Waals surface area contributed by atoms with Crippen LogP contribution in [0.1, 0.15) is 23.3 Å². The van der Waals surface area contributed by atoms with Crippen LogP contribution in [0.4, 0.5) is 5.69 Å². The topological polar surface area (TPSA) is 79.5 Å². The second-order valence-corrected chi connectivity index (χ2v) is 7.19. The predicted octanol–water partition coefficient (Wildman–Crippen LogP) is 0.972. The highest BCUT2D eigenvalue weighted by Gasteiger charge is 2.29. The van der Waals surface area contributed by atoms with Gasteiger partial charge in [0.25, 0.3) is 5.91 Å². The molecule has 2 aliphatic heterocycles. The van der Waals surface area contributed by atoms with Crippen LogP contribution in [0, 0.1) is 5.92 Å². The third kappa shape index (κ3) is 3.77. The van der Waals surface area contributed by atoms with Crippen molar-refractivity contribution in [2.75, 3.05) is 42.6 Å². The van der Waals surface area contributed by atoms with E-state index in [1.807, 2.05) is 22.7 Å². The van der Waals surface area contributed by atoms with Gasteiger partial charge in [0.1, 0.15) is 5.69 Å². The van der Waals surface area contributed by atoms with E-state index in [1.54, 1.807) is 12.3 Å². The van der Waals surface area contributed by atoms with Gasteiger partial charge in [-0.15, -0.1) is 0 Å². The van der Waals surface area contributed by atoms with Crippen LogP contribution in [0.25, 0.3) is 0 Å². The molecule has 2 N–H and O–H groups in total. The molecule has 2 fully saturated rings. The molecule has 1 aromatic rings. The Morgan fingerprint density at radius 1 is 1.17 bits per heavy atom. The second-order valence-electron chi connectivity index (χ2n) is 5.96. The van der Waals surface area contributed by atoms with Gasteiger partial charge in [0.2, 0.25) is 5.91 Å². The maximum atomic E-state index is 12.6. The summed E-state index contributed by atoms with van der Waals surface area (Å²) >= 11 is 1.92. The molecule has 0 saturated carbocycles. The molecule has 0 spiro atoms. The van der Waals surface area contributed by atoms with Crippen LogP contribution in [-0.4, -0.2) is 59.4 Å². The summed E-state index contributed by atoms with van der Waals surface area (Å²) in [6, 6.07) is 3.61. The van der Waals surface area contributed by atoms with Gasteiger partial charge < -0.3 is 15.5 Å². The molecule has 3 heterocycles. The SMILES string of the molecule is NC(=O)c1cc(N2CCC(C(=O)N3CCSCC3)CC2)ccn1. The minimum absolute atomic E-state index is 0.131. The lowest BCUT2D eigenvalue weighted by atomic mass is 9.95. The van der Waals surface area contributed by atoms with Crippen molar-refractivity contribution in [2.24, 2.45) is 11.7 Å². The Bertz CT molecular complexity index is 581. The van der Waals surface area contributed by atoms with Crippen molar-refractivity contribution in [3.05, 3.63) is 24.0 Å². The molecule has 0 bridgehead atoms. The molecule has 124 valence electrons. The zero-order valence-electron chi connectivity index (χ0n) is 13.1. The first-order valence-corrected chi connectivity index (χ1v) is 9.18.